The minimum atomic E-state index is -0.104. The Hall–Kier alpha value is -1.70. The van der Waals surface area contributed by atoms with Gasteiger partial charge in [0.25, 0.3) is 0 Å². The normalized spacial score (nSPS) is 10.1. The Morgan fingerprint density at radius 2 is 2.21 bits per heavy atom. The van der Waals surface area contributed by atoms with Crippen molar-refractivity contribution in [1.29, 1.82) is 0 Å². The topological polar surface area (TPSA) is 38.0 Å². The molecule has 3 nitrogen and oxygen atoms in total. The van der Waals surface area contributed by atoms with Gasteiger partial charge in [-0.2, -0.15) is 5.10 Å². The van der Waals surface area contributed by atoms with Crippen molar-refractivity contribution in [3.63, 3.8) is 0 Å². The number of aromatic nitrogens is 2. The van der Waals surface area contributed by atoms with Gasteiger partial charge in [0, 0.05) is 18.4 Å². The number of aliphatic hydroxyl groups excluding tert-OH is 1. The Morgan fingerprint density at radius 1 is 1.37 bits per heavy atom. The lowest BCUT2D eigenvalue weighted by Gasteiger charge is -2.02. The zero-order chi connectivity index (χ0) is 13.7. The second-order valence-corrected chi connectivity index (χ2v) is 5.19. The van der Waals surface area contributed by atoms with E-state index < -0.39 is 0 Å². The smallest absolute Gasteiger partial charge is 0.104 e. The van der Waals surface area contributed by atoms with E-state index in [4.69, 9.17) is 5.11 Å². The summed E-state index contributed by atoms with van der Waals surface area (Å²) in [6.45, 7) is 1.89. The Bertz CT molecular complexity index is 623. The third kappa shape index (κ3) is 3.88. The third-order valence-electron chi connectivity index (χ3n) is 2.58. The van der Waals surface area contributed by atoms with Crippen molar-refractivity contribution in [3.8, 4) is 11.8 Å². The van der Waals surface area contributed by atoms with Gasteiger partial charge >= 0.3 is 0 Å². The van der Waals surface area contributed by atoms with Crippen LogP contribution in [-0.2, 0) is 12.8 Å². The van der Waals surface area contributed by atoms with Crippen LogP contribution in [0.3, 0.4) is 0 Å². The summed E-state index contributed by atoms with van der Waals surface area (Å²) >= 11 is 1.76. The molecule has 0 saturated carbocycles. The number of hydrogen-bond acceptors (Lipinski definition) is 3. The second kappa shape index (κ2) is 6.46. The Labute approximate surface area is 117 Å². The molecule has 0 aliphatic carbocycles. The van der Waals surface area contributed by atoms with E-state index in [0.29, 0.717) is 0 Å². The predicted octanol–water partition coefficient (Wildman–Crippen LogP) is 2.36. The molecule has 1 aromatic carbocycles. The van der Waals surface area contributed by atoms with Gasteiger partial charge in [-0.25, -0.2) is 0 Å². The third-order valence-corrected chi connectivity index (χ3v) is 3.74. The fourth-order valence-corrected chi connectivity index (χ4v) is 2.74. The largest absolute Gasteiger partial charge is 0.384 e. The molecular formula is C15H16N2OS. The van der Waals surface area contributed by atoms with E-state index in [0.717, 1.165) is 22.0 Å². The first-order valence-corrected chi connectivity index (χ1v) is 6.99. The van der Waals surface area contributed by atoms with E-state index in [2.05, 4.69) is 35.1 Å². The molecule has 0 spiro atoms. The van der Waals surface area contributed by atoms with Gasteiger partial charge in [0.2, 0.25) is 0 Å². The maximum atomic E-state index is 8.69. The molecule has 1 N–H and O–H groups in total. The summed E-state index contributed by atoms with van der Waals surface area (Å²) in [5.74, 6) is 6.47. The Kier molecular flexibility index (Phi) is 4.67. The summed E-state index contributed by atoms with van der Waals surface area (Å²) in [6, 6.07) is 10.2. The van der Waals surface area contributed by atoms with E-state index in [9.17, 15) is 0 Å². The molecule has 4 heteroatoms. The highest BCUT2D eigenvalue weighted by Crippen LogP contribution is 2.23. The molecule has 0 fully saturated rings. The molecule has 0 bridgehead atoms. The molecule has 0 aliphatic rings. The van der Waals surface area contributed by atoms with E-state index in [-0.39, 0.29) is 6.61 Å². The molecule has 1 aromatic heterocycles. The minimum absolute atomic E-state index is 0.104. The highest BCUT2D eigenvalue weighted by atomic mass is 32.2. The first-order chi connectivity index (χ1) is 9.19. The molecule has 2 rings (SSSR count). The highest BCUT2D eigenvalue weighted by molar-refractivity contribution is 7.98. The van der Waals surface area contributed by atoms with Crippen LogP contribution in [-0.4, -0.2) is 21.5 Å². The standard InChI is InChI=1S/C15H16N2OS/c1-12-9-15(17(2)16-12)19-11-14-6-3-5-13(10-14)7-4-8-18/h3,5-6,9-10,18H,8,11H2,1-2H3. The minimum Gasteiger partial charge on any atom is -0.384 e. The highest BCUT2D eigenvalue weighted by Gasteiger charge is 2.03. The molecule has 98 valence electrons. The van der Waals surface area contributed by atoms with Crippen LogP contribution < -0.4 is 0 Å². The quantitative estimate of drug-likeness (QED) is 0.688. The van der Waals surface area contributed by atoms with Crippen LogP contribution in [0.5, 0.6) is 0 Å². The summed E-state index contributed by atoms with van der Waals surface area (Å²) in [5, 5.41) is 14.2. The fraction of sp³-hybridized carbons (Fsp3) is 0.267. The average Bonchev–Trinajstić information content (AvgIpc) is 2.73. The van der Waals surface area contributed by atoms with Crippen molar-refractivity contribution >= 4 is 11.8 Å². The van der Waals surface area contributed by atoms with Crippen LogP contribution in [0.1, 0.15) is 16.8 Å². The van der Waals surface area contributed by atoms with Crippen molar-refractivity contribution in [2.45, 2.75) is 17.7 Å². The summed E-state index contributed by atoms with van der Waals surface area (Å²) in [7, 11) is 1.96. The predicted molar refractivity (Wildman–Crippen MR) is 77.9 cm³/mol. The lowest BCUT2D eigenvalue weighted by molar-refractivity contribution is 0.350. The summed E-state index contributed by atoms with van der Waals surface area (Å²) in [5.41, 5.74) is 3.19. The van der Waals surface area contributed by atoms with E-state index in [1.807, 2.05) is 30.8 Å². The average molecular weight is 272 g/mol. The van der Waals surface area contributed by atoms with Crippen molar-refractivity contribution in [3.05, 3.63) is 47.2 Å². The molecule has 0 unspecified atom stereocenters. The Balaban J connectivity index is 2.05. The van der Waals surface area contributed by atoms with Crippen LogP contribution in [0, 0.1) is 18.8 Å². The van der Waals surface area contributed by atoms with Crippen LogP contribution in [0.4, 0.5) is 0 Å². The van der Waals surface area contributed by atoms with E-state index in [1.54, 1.807) is 11.8 Å². The molecule has 0 radical (unpaired) electrons. The molecule has 19 heavy (non-hydrogen) atoms. The Morgan fingerprint density at radius 3 is 2.89 bits per heavy atom. The van der Waals surface area contributed by atoms with Crippen molar-refractivity contribution in [2.75, 3.05) is 6.61 Å². The molecule has 0 atom stereocenters. The molecular weight excluding hydrogens is 256 g/mol. The zero-order valence-corrected chi connectivity index (χ0v) is 11.9. The zero-order valence-electron chi connectivity index (χ0n) is 11.1. The number of hydrogen-bond donors (Lipinski definition) is 1. The monoisotopic (exact) mass is 272 g/mol. The van der Waals surface area contributed by atoms with Gasteiger partial charge in [-0.3, -0.25) is 4.68 Å². The van der Waals surface area contributed by atoms with Gasteiger partial charge in [-0.05, 0) is 30.7 Å². The number of benzene rings is 1. The van der Waals surface area contributed by atoms with Gasteiger partial charge in [-0.1, -0.05) is 24.0 Å². The first-order valence-electron chi connectivity index (χ1n) is 6.01. The van der Waals surface area contributed by atoms with Gasteiger partial charge in [0.15, 0.2) is 0 Å². The number of rotatable bonds is 3. The van der Waals surface area contributed by atoms with E-state index >= 15 is 0 Å². The summed E-state index contributed by atoms with van der Waals surface area (Å²) < 4.78 is 1.90. The first kappa shape index (κ1) is 13.7. The SMILES string of the molecule is Cc1cc(SCc2cccc(C#CCO)c2)n(C)n1. The lowest BCUT2D eigenvalue weighted by Crippen LogP contribution is -1.92. The second-order valence-electron chi connectivity index (χ2n) is 4.20. The van der Waals surface area contributed by atoms with Crippen LogP contribution >= 0.6 is 11.8 Å². The summed E-state index contributed by atoms with van der Waals surface area (Å²) in [4.78, 5) is 0. The van der Waals surface area contributed by atoms with Crippen LogP contribution in [0.2, 0.25) is 0 Å². The molecule has 0 amide bonds. The lowest BCUT2D eigenvalue weighted by atomic mass is 10.1. The number of aliphatic hydroxyl groups is 1. The molecule has 0 saturated heterocycles. The number of thioether (sulfide) groups is 1. The summed E-state index contributed by atoms with van der Waals surface area (Å²) in [6.07, 6.45) is 0. The van der Waals surface area contributed by atoms with Crippen molar-refractivity contribution < 1.29 is 5.11 Å². The number of nitrogens with zero attached hydrogens (tertiary/aromatic N) is 2. The van der Waals surface area contributed by atoms with Crippen molar-refractivity contribution in [1.82, 2.24) is 9.78 Å². The van der Waals surface area contributed by atoms with Crippen molar-refractivity contribution in [2.24, 2.45) is 7.05 Å². The fourth-order valence-electron chi connectivity index (χ4n) is 1.76. The van der Waals surface area contributed by atoms with Gasteiger partial charge in [0.05, 0.1) is 10.7 Å². The van der Waals surface area contributed by atoms with Crippen LogP contribution in [0.25, 0.3) is 0 Å². The van der Waals surface area contributed by atoms with Gasteiger partial charge in [-0.15, -0.1) is 11.8 Å². The van der Waals surface area contributed by atoms with Crippen LogP contribution in [0.15, 0.2) is 35.4 Å². The molecule has 0 aliphatic heterocycles. The van der Waals surface area contributed by atoms with Gasteiger partial charge < -0.3 is 5.11 Å². The maximum Gasteiger partial charge on any atom is 0.104 e. The number of aryl methyl sites for hydroxylation is 2. The maximum absolute atomic E-state index is 8.69. The van der Waals surface area contributed by atoms with Gasteiger partial charge in [0.1, 0.15) is 6.61 Å². The van der Waals surface area contributed by atoms with E-state index in [1.165, 1.54) is 5.56 Å². The molecule has 2 aromatic rings. The molecule has 1 heterocycles.